The third kappa shape index (κ3) is 6.11. The zero-order chi connectivity index (χ0) is 23.1. The Bertz CT molecular complexity index is 1160. The number of halogens is 1. The van der Waals surface area contributed by atoms with Crippen LogP contribution in [0.5, 0.6) is 5.75 Å². The molecule has 1 amide bonds. The Labute approximate surface area is 197 Å². The molecule has 0 fully saturated rings. The van der Waals surface area contributed by atoms with Crippen LogP contribution in [0.25, 0.3) is 0 Å². The first kappa shape index (κ1) is 23.8. The molecule has 3 aromatic rings. The van der Waals surface area contributed by atoms with Gasteiger partial charge in [0.25, 0.3) is 15.9 Å². The summed E-state index contributed by atoms with van der Waals surface area (Å²) in [6, 6.07) is 18.8. The number of sulfonamides is 1. The average molecular weight is 517 g/mol. The van der Waals surface area contributed by atoms with Crippen molar-refractivity contribution in [2.75, 3.05) is 16.6 Å². The first-order chi connectivity index (χ1) is 15.3. The minimum Gasteiger partial charge on any atom is -0.484 e. The van der Waals surface area contributed by atoms with Crippen molar-refractivity contribution >= 4 is 43.2 Å². The maximum Gasteiger partial charge on any atom is 0.262 e. The van der Waals surface area contributed by atoms with E-state index in [1.165, 1.54) is 24.3 Å². The van der Waals surface area contributed by atoms with Crippen molar-refractivity contribution in [1.29, 1.82) is 0 Å². The van der Waals surface area contributed by atoms with Crippen LogP contribution in [0.15, 0.2) is 76.1 Å². The summed E-state index contributed by atoms with van der Waals surface area (Å²) in [6.45, 7) is 3.91. The van der Waals surface area contributed by atoms with Crippen molar-refractivity contribution in [3.63, 3.8) is 0 Å². The van der Waals surface area contributed by atoms with Crippen LogP contribution in [0, 0.1) is 0 Å². The number of aryl methyl sites for hydroxylation is 2. The molecule has 0 aliphatic heterocycles. The Morgan fingerprint density at radius 3 is 2.06 bits per heavy atom. The smallest absolute Gasteiger partial charge is 0.262 e. The van der Waals surface area contributed by atoms with Gasteiger partial charge < -0.3 is 10.1 Å². The fourth-order valence-corrected chi connectivity index (χ4v) is 4.50. The predicted octanol–water partition coefficient (Wildman–Crippen LogP) is 5.39. The van der Waals surface area contributed by atoms with Gasteiger partial charge in [-0.1, -0.05) is 48.0 Å². The topological polar surface area (TPSA) is 84.5 Å². The third-order valence-corrected chi connectivity index (χ3v) is 6.79. The summed E-state index contributed by atoms with van der Waals surface area (Å²) in [5, 5.41) is 2.94. The average Bonchev–Trinajstić information content (AvgIpc) is 2.79. The molecule has 0 heterocycles. The van der Waals surface area contributed by atoms with Crippen LogP contribution in [-0.4, -0.2) is 20.9 Å². The number of nitrogens with one attached hydrogen (secondary N) is 2. The van der Waals surface area contributed by atoms with Gasteiger partial charge in [-0.3, -0.25) is 9.52 Å². The first-order valence-corrected chi connectivity index (χ1v) is 12.5. The number of amides is 1. The molecule has 0 spiro atoms. The van der Waals surface area contributed by atoms with Gasteiger partial charge in [-0.2, -0.15) is 0 Å². The van der Waals surface area contributed by atoms with E-state index < -0.39 is 10.0 Å². The van der Waals surface area contributed by atoms with Crippen LogP contribution in [-0.2, 0) is 27.7 Å². The van der Waals surface area contributed by atoms with Crippen LogP contribution >= 0.6 is 15.9 Å². The van der Waals surface area contributed by atoms with E-state index in [1.54, 1.807) is 24.3 Å². The fraction of sp³-hybridized carbons (Fsp3) is 0.208. The Morgan fingerprint density at radius 1 is 0.906 bits per heavy atom. The van der Waals surface area contributed by atoms with Crippen molar-refractivity contribution in [3.8, 4) is 5.75 Å². The van der Waals surface area contributed by atoms with Gasteiger partial charge in [-0.15, -0.1) is 0 Å². The van der Waals surface area contributed by atoms with Gasteiger partial charge >= 0.3 is 0 Å². The van der Waals surface area contributed by atoms with Gasteiger partial charge in [0.15, 0.2) is 6.61 Å². The minimum absolute atomic E-state index is 0.0988. The highest BCUT2D eigenvalue weighted by Crippen LogP contribution is 2.23. The molecule has 3 rings (SSSR count). The number of para-hydroxylation sites is 1. The third-order valence-electron chi connectivity index (χ3n) is 4.86. The molecule has 168 valence electrons. The lowest BCUT2D eigenvalue weighted by Crippen LogP contribution is -2.21. The van der Waals surface area contributed by atoms with Crippen molar-refractivity contribution in [2.45, 2.75) is 31.6 Å². The number of carbonyl (C=O) groups is 1. The molecule has 0 unspecified atom stereocenters. The summed E-state index contributed by atoms with van der Waals surface area (Å²) in [5.41, 5.74) is 3.45. The number of ether oxygens (including phenoxy) is 1. The fourth-order valence-electron chi connectivity index (χ4n) is 3.17. The van der Waals surface area contributed by atoms with Gasteiger partial charge in [0.05, 0.1) is 4.90 Å². The highest BCUT2D eigenvalue weighted by atomic mass is 79.9. The molecule has 6 nitrogen and oxygen atoms in total. The lowest BCUT2D eigenvalue weighted by molar-refractivity contribution is -0.118. The lowest BCUT2D eigenvalue weighted by Gasteiger charge is -2.15. The molecule has 2 N–H and O–H groups in total. The first-order valence-electron chi connectivity index (χ1n) is 10.2. The van der Waals surface area contributed by atoms with Crippen LogP contribution in [0.2, 0.25) is 0 Å². The molecule has 0 atom stereocenters. The molecule has 8 heteroatoms. The van der Waals surface area contributed by atoms with Crippen molar-refractivity contribution in [2.24, 2.45) is 0 Å². The largest absolute Gasteiger partial charge is 0.484 e. The number of carbonyl (C=O) groups excluding carboxylic acids is 1. The quantitative estimate of drug-likeness (QED) is 0.399. The second-order valence-corrected chi connectivity index (χ2v) is 9.68. The molecule has 0 bridgehead atoms. The van der Waals surface area contributed by atoms with Crippen LogP contribution in [0.4, 0.5) is 11.4 Å². The molecule has 0 aliphatic rings. The van der Waals surface area contributed by atoms with E-state index in [1.807, 2.05) is 32.0 Å². The standard InChI is InChI=1S/C24H25BrN2O4S/c1-3-17-6-5-7-18(4-2)24(17)26-23(28)16-31-21-12-14-22(15-13-21)32(29,30)27-20-10-8-19(25)9-11-20/h5-15,27H,3-4,16H2,1-2H3,(H,26,28). The Balaban J connectivity index is 1.61. The Kier molecular flexibility index (Phi) is 7.93. The molecule has 32 heavy (non-hydrogen) atoms. The van der Waals surface area contributed by atoms with E-state index in [0.29, 0.717) is 11.4 Å². The SMILES string of the molecule is CCc1cccc(CC)c1NC(=O)COc1ccc(S(=O)(=O)Nc2ccc(Br)cc2)cc1. The molecule has 0 aromatic heterocycles. The van der Waals surface area contributed by atoms with Crippen LogP contribution < -0.4 is 14.8 Å². The summed E-state index contributed by atoms with van der Waals surface area (Å²) in [4.78, 5) is 12.5. The number of hydrogen-bond donors (Lipinski definition) is 2. The van der Waals surface area contributed by atoms with E-state index in [4.69, 9.17) is 4.74 Å². The highest BCUT2D eigenvalue weighted by Gasteiger charge is 2.15. The molecule has 0 radical (unpaired) electrons. The maximum atomic E-state index is 12.6. The second kappa shape index (κ2) is 10.7. The Hall–Kier alpha value is -2.84. The van der Waals surface area contributed by atoms with Gasteiger partial charge in [-0.05, 0) is 72.5 Å². The molecule has 3 aromatic carbocycles. The number of anilines is 2. The summed E-state index contributed by atoms with van der Waals surface area (Å²) >= 11 is 3.32. The van der Waals surface area contributed by atoms with Gasteiger partial charge in [0, 0.05) is 15.8 Å². The Morgan fingerprint density at radius 2 is 1.50 bits per heavy atom. The zero-order valence-electron chi connectivity index (χ0n) is 17.9. The normalized spacial score (nSPS) is 11.1. The lowest BCUT2D eigenvalue weighted by atomic mass is 10.0. The van der Waals surface area contributed by atoms with Crippen LogP contribution in [0.1, 0.15) is 25.0 Å². The van der Waals surface area contributed by atoms with E-state index in [0.717, 1.165) is 34.1 Å². The van der Waals surface area contributed by atoms with Crippen LogP contribution in [0.3, 0.4) is 0 Å². The summed E-state index contributed by atoms with van der Waals surface area (Å²) in [7, 11) is -3.73. The van der Waals surface area contributed by atoms with E-state index >= 15 is 0 Å². The predicted molar refractivity (Wildman–Crippen MR) is 131 cm³/mol. The maximum absolute atomic E-state index is 12.6. The summed E-state index contributed by atoms with van der Waals surface area (Å²) in [5.74, 6) is 0.136. The monoisotopic (exact) mass is 516 g/mol. The van der Waals surface area contributed by atoms with E-state index in [-0.39, 0.29) is 17.4 Å². The molecular weight excluding hydrogens is 492 g/mol. The van der Waals surface area contributed by atoms with Crippen molar-refractivity contribution < 1.29 is 17.9 Å². The van der Waals surface area contributed by atoms with E-state index in [2.05, 4.69) is 26.0 Å². The summed E-state index contributed by atoms with van der Waals surface area (Å²) < 4.78 is 34.1. The molecule has 0 saturated heterocycles. The molecular formula is C24H25BrN2O4S. The highest BCUT2D eigenvalue weighted by molar-refractivity contribution is 9.10. The van der Waals surface area contributed by atoms with Crippen molar-refractivity contribution in [3.05, 3.63) is 82.3 Å². The van der Waals surface area contributed by atoms with Gasteiger partial charge in [0.2, 0.25) is 0 Å². The molecule has 0 aliphatic carbocycles. The van der Waals surface area contributed by atoms with Gasteiger partial charge in [0.1, 0.15) is 5.75 Å². The van der Waals surface area contributed by atoms with Crippen molar-refractivity contribution in [1.82, 2.24) is 0 Å². The number of hydrogen-bond acceptors (Lipinski definition) is 4. The zero-order valence-corrected chi connectivity index (χ0v) is 20.3. The number of rotatable bonds is 9. The van der Waals surface area contributed by atoms with Gasteiger partial charge in [-0.25, -0.2) is 8.42 Å². The second-order valence-electron chi connectivity index (χ2n) is 7.08. The minimum atomic E-state index is -3.73. The van der Waals surface area contributed by atoms with E-state index in [9.17, 15) is 13.2 Å². The summed E-state index contributed by atoms with van der Waals surface area (Å²) in [6.07, 6.45) is 1.63. The number of benzene rings is 3. The molecule has 0 saturated carbocycles.